The van der Waals surface area contributed by atoms with Gasteiger partial charge in [-0.2, -0.15) is 10.4 Å². The summed E-state index contributed by atoms with van der Waals surface area (Å²) >= 11 is 0. The molecule has 2 aromatic rings. The Bertz CT molecular complexity index is 653. The Morgan fingerprint density at radius 2 is 2.32 bits per heavy atom. The smallest absolute Gasteiger partial charge is 0.341 e. The number of nitriles is 1. The molecule has 0 atom stereocenters. The van der Waals surface area contributed by atoms with Crippen LogP contribution < -0.4 is 0 Å². The van der Waals surface area contributed by atoms with Crippen molar-refractivity contribution in [2.75, 3.05) is 6.61 Å². The Labute approximate surface area is 111 Å². The molecule has 0 saturated carbocycles. The van der Waals surface area contributed by atoms with Gasteiger partial charge in [-0.05, 0) is 31.5 Å². The van der Waals surface area contributed by atoms with E-state index in [9.17, 15) is 4.79 Å². The molecule has 0 radical (unpaired) electrons. The summed E-state index contributed by atoms with van der Waals surface area (Å²) in [5, 5.41) is 13.2. The zero-order chi connectivity index (χ0) is 13.8. The minimum absolute atomic E-state index is 0.317. The fraction of sp³-hybridized carbons (Fsp3) is 0.214. The van der Waals surface area contributed by atoms with E-state index in [2.05, 4.69) is 11.2 Å². The second-order valence-electron chi connectivity index (χ2n) is 4.03. The summed E-state index contributed by atoms with van der Waals surface area (Å²) in [4.78, 5) is 11.6. The number of aromatic nitrogens is 2. The lowest BCUT2D eigenvalue weighted by atomic mass is 10.1. The first-order chi connectivity index (χ1) is 9.15. The van der Waals surface area contributed by atoms with Gasteiger partial charge in [0.1, 0.15) is 6.07 Å². The fourth-order valence-electron chi connectivity index (χ4n) is 1.71. The van der Waals surface area contributed by atoms with E-state index in [4.69, 9.17) is 10.00 Å². The largest absolute Gasteiger partial charge is 0.462 e. The topological polar surface area (TPSA) is 67.9 Å². The monoisotopic (exact) mass is 255 g/mol. The standard InChI is InChI=1S/C14H13N3O2/c1-3-19-14(18)12-8-16-17(9-12)13-5-4-10(2)6-11(13)7-15/h4-6,8-9H,3H2,1-2H3. The molecular formula is C14H13N3O2. The van der Waals surface area contributed by atoms with Crippen molar-refractivity contribution in [3.05, 3.63) is 47.3 Å². The first kappa shape index (κ1) is 12.8. The summed E-state index contributed by atoms with van der Waals surface area (Å²) < 4.78 is 6.40. The lowest BCUT2D eigenvalue weighted by Gasteiger charge is -2.04. The maximum Gasteiger partial charge on any atom is 0.341 e. The molecule has 19 heavy (non-hydrogen) atoms. The number of hydrogen-bond acceptors (Lipinski definition) is 4. The van der Waals surface area contributed by atoms with Crippen LogP contribution in [0.15, 0.2) is 30.6 Å². The summed E-state index contributed by atoms with van der Waals surface area (Å²) in [5.74, 6) is -0.417. The normalized spacial score (nSPS) is 9.95. The molecule has 0 aliphatic rings. The predicted molar refractivity (Wildman–Crippen MR) is 69.0 cm³/mol. The summed E-state index contributed by atoms with van der Waals surface area (Å²) in [6, 6.07) is 7.59. The van der Waals surface area contributed by atoms with Crippen LogP contribution in [0.3, 0.4) is 0 Å². The van der Waals surface area contributed by atoms with Gasteiger partial charge in [-0.15, -0.1) is 0 Å². The van der Waals surface area contributed by atoms with E-state index in [0.717, 1.165) is 5.56 Å². The van der Waals surface area contributed by atoms with Crippen LogP contribution in [0.25, 0.3) is 5.69 Å². The number of rotatable bonds is 3. The van der Waals surface area contributed by atoms with Crippen LogP contribution in [-0.4, -0.2) is 22.4 Å². The predicted octanol–water partition coefficient (Wildman–Crippen LogP) is 2.23. The lowest BCUT2D eigenvalue weighted by Crippen LogP contribution is -2.03. The Hall–Kier alpha value is -2.61. The zero-order valence-corrected chi connectivity index (χ0v) is 10.8. The van der Waals surface area contributed by atoms with Crippen LogP contribution in [-0.2, 0) is 4.74 Å². The van der Waals surface area contributed by atoms with Crippen LogP contribution in [0.4, 0.5) is 0 Å². The first-order valence-electron chi connectivity index (χ1n) is 5.88. The third-order valence-corrected chi connectivity index (χ3v) is 2.61. The molecule has 0 bridgehead atoms. The minimum atomic E-state index is -0.417. The molecule has 5 nitrogen and oxygen atoms in total. The van der Waals surface area contributed by atoms with Gasteiger partial charge in [0.25, 0.3) is 0 Å². The maximum atomic E-state index is 11.6. The lowest BCUT2D eigenvalue weighted by molar-refractivity contribution is 0.0526. The van der Waals surface area contributed by atoms with Crippen molar-refractivity contribution in [2.45, 2.75) is 13.8 Å². The van der Waals surface area contributed by atoms with Crippen LogP contribution >= 0.6 is 0 Å². The van der Waals surface area contributed by atoms with Gasteiger partial charge in [0, 0.05) is 6.20 Å². The second-order valence-corrected chi connectivity index (χ2v) is 4.03. The maximum absolute atomic E-state index is 11.6. The van der Waals surface area contributed by atoms with E-state index in [1.807, 2.05) is 13.0 Å². The fourth-order valence-corrected chi connectivity index (χ4v) is 1.71. The highest BCUT2D eigenvalue weighted by Crippen LogP contribution is 2.16. The molecule has 5 heteroatoms. The van der Waals surface area contributed by atoms with Gasteiger partial charge >= 0.3 is 5.97 Å². The van der Waals surface area contributed by atoms with E-state index in [-0.39, 0.29) is 0 Å². The number of ether oxygens (including phenoxy) is 1. The van der Waals surface area contributed by atoms with Gasteiger partial charge in [-0.25, -0.2) is 9.48 Å². The van der Waals surface area contributed by atoms with Gasteiger partial charge < -0.3 is 4.74 Å². The van der Waals surface area contributed by atoms with Crippen LogP contribution in [0.5, 0.6) is 0 Å². The van der Waals surface area contributed by atoms with Gasteiger partial charge in [0.05, 0.1) is 29.6 Å². The number of aryl methyl sites for hydroxylation is 1. The Balaban J connectivity index is 2.39. The van der Waals surface area contributed by atoms with E-state index < -0.39 is 5.97 Å². The number of hydrogen-bond donors (Lipinski definition) is 0. The molecule has 96 valence electrons. The molecule has 0 aliphatic heterocycles. The van der Waals surface area contributed by atoms with E-state index in [0.29, 0.717) is 23.4 Å². The third kappa shape index (κ3) is 2.63. The summed E-state index contributed by atoms with van der Waals surface area (Å²) in [6.45, 7) is 3.98. The van der Waals surface area contributed by atoms with Crippen LogP contribution in [0.1, 0.15) is 28.4 Å². The third-order valence-electron chi connectivity index (χ3n) is 2.61. The molecule has 0 saturated heterocycles. The Morgan fingerprint density at radius 3 is 3.00 bits per heavy atom. The van der Waals surface area contributed by atoms with Crippen molar-refractivity contribution in [1.82, 2.24) is 9.78 Å². The van der Waals surface area contributed by atoms with Crippen molar-refractivity contribution in [3.63, 3.8) is 0 Å². The van der Waals surface area contributed by atoms with Gasteiger partial charge in [0.2, 0.25) is 0 Å². The first-order valence-corrected chi connectivity index (χ1v) is 5.88. The van der Waals surface area contributed by atoms with Gasteiger partial charge in [0.15, 0.2) is 0 Å². The molecular weight excluding hydrogens is 242 g/mol. The highest BCUT2D eigenvalue weighted by molar-refractivity contribution is 5.88. The van der Waals surface area contributed by atoms with E-state index in [1.165, 1.54) is 10.9 Å². The average Bonchev–Trinajstić information content (AvgIpc) is 2.88. The number of carbonyl (C=O) groups is 1. The quantitative estimate of drug-likeness (QED) is 0.789. The molecule has 2 rings (SSSR count). The molecule has 0 amide bonds. The zero-order valence-electron chi connectivity index (χ0n) is 10.8. The van der Waals surface area contributed by atoms with Crippen LogP contribution in [0, 0.1) is 18.3 Å². The highest BCUT2D eigenvalue weighted by Gasteiger charge is 2.12. The molecule has 0 spiro atoms. The highest BCUT2D eigenvalue weighted by atomic mass is 16.5. The Kier molecular flexibility index (Phi) is 3.62. The summed E-state index contributed by atoms with van der Waals surface area (Å²) in [6.07, 6.45) is 2.99. The molecule has 0 aliphatic carbocycles. The molecule has 1 heterocycles. The Morgan fingerprint density at radius 1 is 1.53 bits per heavy atom. The van der Waals surface area contributed by atoms with E-state index >= 15 is 0 Å². The van der Waals surface area contributed by atoms with Crippen LogP contribution in [0.2, 0.25) is 0 Å². The number of carbonyl (C=O) groups excluding carboxylic acids is 1. The SMILES string of the molecule is CCOC(=O)c1cnn(-c2ccc(C)cc2C#N)c1. The molecule has 0 unspecified atom stereocenters. The minimum Gasteiger partial charge on any atom is -0.462 e. The summed E-state index contributed by atoms with van der Waals surface area (Å²) in [5.41, 5.74) is 2.52. The van der Waals surface area contributed by atoms with Crippen molar-refractivity contribution in [3.8, 4) is 11.8 Å². The van der Waals surface area contributed by atoms with Crippen molar-refractivity contribution in [1.29, 1.82) is 5.26 Å². The molecule has 0 fully saturated rings. The molecule has 0 N–H and O–H groups in total. The van der Waals surface area contributed by atoms with Crippen molar-refractivity contribution in [2.24, 2.45) is 0 Å². The van der Waals surface area contributed by atoms with E-state index in [1.54, 1.807) is 25.3 Å². The van der Waals surface area contributed by atoms with Crippen molar-refractivity contribution >= 4 is 5.97 Å². The second kappa shape index (κ2) is 5.36. The van der Waals surface area contributed by atoms with Crippen molar-refractivity contribution < 1.29 is 9.53 Å². The molecule has 1 aromatic heterocycles. The molecule has 1 aromatic carbocycles. The number of benzene rings is 1. The summed E-state index contributed by atoms with van der Waals surface area (Å²) in [7, 11) is 0. The van der Waals surface area contributed by atoms with Gasteiger partial charge in [-0.1, -0.05) is 6.07 Å². The number of esters is 1. The number of nitrogens with zero attached hydrogens (tertiary/aromatic N) is 3. The average molecular weight is 255 g/mol. The van der Waals surface area contributed by atoms with Gasteiger partial charge in [-0.3, -0.25) is 0 Å².